The van der Waals surface area contributed by atoms with Crippen LogP contribution in [0.5, 0.6) is 5.75 Å². The van der Waals surface area contributed by atoms with Crippen molar-refractivity contribution in [3.63, 3.8) is 0 Å². The van der Waals surface area contributed by atoms with Crippen LogP contribution in [0, 0.1) is 0 Å². The van der Waals surface area contributed by atoms with Crippen molar-refractivity contribution in [1.29, 1.82) is 0 Å². The van der Waals surface area contributed by atoms with Crippen molar-refractivity contribution >= 4 is 33.0 Å². The van der Waals surface area contributed by atoms with Crippen molar-refractivity contribution in [1.82, 2.24) is 9.55 Å². The van der Waals surface area contributed by atoms with Crippen LogP contribution in [0.2, 0.25) is 0 Å². The summed E-state index contributed by atoms with van der Waals surface area (Å²) in [6.45, 7) is 9.09. The Hall–Kier alpha value is -4.87. The maximum Gasteiger partial charge on any atom is 0.150 e. The van der Waals surface area contributed by atoms with Gasteiger partial charge in [-0.3, -0.25) is 4.57 Å². The maximum absolute atomic E-state index is 6.51. The van der Waals surface area contributed by atoms with Gasteiger partial charge in [0.2, 0.25) is 0 Å². The highest BCUT2D eigenvalue weighted by atomic mass is 16.6. The van der Waals surface area contributed by atoms with E-state index in [1.54, 1.807) is 0 Å². The molecule has 2 aromatic heterocycles. The highest BCUT2D eigenvalue weighted by Crippen LogP contribution is 2.42. The minimum atomic E-state index is 0.284. The normalized spacial score (nSPS) is 11.9. The highest BCUT2D eigenvalue weighted by Gasteiger charge is 2.25. The van der Waals surface area contributed by atoms with Crippen LogP contribution in [0.3, 0.4) is 0 Å². The standard InChI is InChI=1S/C37H33N3O2/c1-22(2)30-19-25(24-11-6-5-7-12-24)20-31(23(3)4)35(30)40-33-16-9-8-15-32(33)39-37(40)29-14-10-13-28-27-18-17-26(42-38)21-34(27)41-36(28)29/h5-23H,38H2,1-4H3. The van der Waals surface area contributed by atoms with E-state index in [1.807, 2.05) is 24.3 Å². The first kappa shape index (κ1) is 26.1. The van der Waals surface area contributed by atoms with Gasteiger partial charge in [-0.15, -0.1) is 0 Å². The van der Waals surface area contributed by atoms with Gasteiger partial charge in [-0.25, -0.2) is 4.98 Å². The third-order valence-corrected chi connectivity index (χ3v) is 8.15. The first-order valence-electron chi connectivity index (χ1n) is 14.5. The van der Waals surface area contributed by atoms with Gasteiger partial charge in [0, 0.05) is 16.8 Å². The molecule has 2 N–H and O–H groups in total. The lowest BCUT2D eigenvalue weighted by molar-refractivity contribution is 0.334. The molecule has 5 heteroatoms. The predicted octanol–water partition coefficient (Wildman–Crippen LogP) is 9.76. The van der Waals surface area contributed by atoms with Crippen LogP contribution in [0.4, 0.5) is 0 Å². The summed E-state index contributed by atoms with van der Waals surface area (Å²) in [5, 5.41) is 2.03. The number of furan rings is 1. The fourth-order valence-corrected chi connectivity index (χ4v) is 6.08. The van der Waals surface area contributed by atoms with Crippen molar-refractivity contribution in [3.8, 4) is 34.0 Å². The van der Waals surface area contributed by atoms with Crippen molar-refractivity contribution in [2.45, 2.75) is 39.5 Å². The number of fused-ring (bicyclic) bond motifs is 4. The molecule has 5 nitrogen and oxygen atoms in total. The molecule has 0 bridgehead atoms. The van der Waals surface area contributed by atoms with Gasteiger partial charge < -0.3 is 9.25 Å². The van der Waals surface area contributed by atoms with Gasteiger partial charge in [-0.2, -0.15) is 5.90 Å². The molecule has 0 aliphatic carbocycles. The number of aromatic nitrogens is 2. The molecule has 0 aliphatic heterocycles. The molecule has 5 aromatic carbocycles. The van der Waals surface area contributed by atoms with Gasteiger partial charge >= 0.3 is 0 Å². The molecule has 0 atom stereocenters. The Bertz CT molecular complexity index is 2050. The number of imidazole rings is 1. The molecular weight excluding hydrogens is 518 g/mol. The summed E-state index contributed by atoms with van der Waals surface area (Å²) in [6, 6.07) is 35.7. The van der Waals surface area contributed by atoms with Gasteiger partial charge in [0.15, 0.2) is 5.75 Å². The Morgan fingerprint density at radius 2 is 1.43 bits per heavy atom. The summed E-state index contributed by atoms with van der Waals surface area (Å²) in [4.78, 5) is 10.2. The van der Waals surface area contributed by atoms with Crippen LogP contribution >= 0.6 is 0 Å². The van der Waals surface area contributed by atoms with Gasteiger partial charge in [0.05, 0.1) is 22.3 Å². The maximum atomic E-state index is 6.51. The topological polar surface area (TPSA) is 66.2 Å². The monoisotopic (exact) mass is 551 g/mol. The lowest BCUT2D eigenvalue weighted by atomic mass is 9.88. The van der Waals surface area contributed by atoms with Crippen LogP contribution < -0.4 is 10.7 Å². The van der Waals surface area contributed by atoms with E-state index < -0.39 is 0 Å². The fourth-order valence-electron chi connectivity index (χ4n) is 6.08. The van der Waals surface area contributed by atoms with E-state index in [2.05, 4.69) is 111 Å². The van der Waals surface area contributed by atoms with Crippen LogP contribution in [0.1, 0.15) is 50.7 Å². The van der Waals surface area contributed by atoms with Gasteiger partial charge in [-0.05, 0) is 76.6 Å². The number of hydrogen-bond donors (Lipinski definition) is 1. The third-order valence-electron chi connectivity index (χ3n) is 8.15. The second-order valence-electron chi connectivity index (χ2n) is 11.5. The molecule has 0 saturated carbocycles. The van der Waals surface area contributed by atoms with E-state index in [0.717, 1.165) is 44.4 Å². The molecule has 7 rings (SSSR count). The quantitative estimate of drug-likeness (QED) is 0.209. The molecule has 7 aromatic rings. The molecule has 0 spiro atoms. The molecule has 0 saturated heterocycles. The Morgan fingerprint density at radius 1 is 0.714 bits per heavy atom. The van der Waals surface area contributed by atoms with Crippen LogP contribution in [0.25, 0.3) is 61.2 Å². The second-order valence-corrected chi connectivity index (χ2v) is 11.5. The van der Waals surface area contributed by atoms with Gasteiger partial charge in [0.25, 0.3) is 0 Å². The predicted molar refractivity (Wildman–Crippen MR) is 172 cm³/mol. The average molecular weight is 552 g/mol. The average Bonchev–Trinajstić information content (AvgIpc) is 3.58. The molecule has 0 aliphatic rings. The zero-order valence-corrected chi connectivity index (χ0v) is 24.3. The molecule has 0 radical (unpaired) electrons. The second kappa shape index (κ2) is 10.2. The molecule has 2 heterocycles. The van der Waals surface area contributed by atoms with E-state index in [0.29, 0.717) is 5.75 Å². The molecule has 0 amide bonds. The van der Waals surface area contributed by atoms with E-state index in [-0.39, 0.29) is 11.8 Å². The number of nitrogens with zero attached hydrogens (tertiary/aromatic N) is 2. The Morgan fingerprint density at radius 3 is 2.14 bits per heavy atom. The van der Waals surface area contributed by atoms with Crippen molar-refractivity contribution < 1.29 is 9.25 Å². The number of hydrogen-bond acceptors (Lipinski definition) is 4. The Labute approximate surface area is 245 Å². The first-order chi connectivity index (χ1) is 20.4. The van der Waals surface area contributed by atoms with Gasteiger partial charge in [0.1, 0.15) is 17.0 Å². The number of para-hydroxylation sites is 3. The molecule has 42 heavy (non-hydrogen) atoms. The Kier molecular flexibility index (Phi) is 6.33. The molecular formula is C37H33N3O2. The van der Waals surface area contributed by atoms with E-state index in [4.69, 9.17) is 20.1 Å². The summed E-state index contributed by atoms with van der Waals surface area (Å²) in [5.74, 6) is 7.43. The molecule has 208 valence electrons. The van der Waals surface area contributed by atoms with E-state index in [1.165, 1.54) is 27.9 Å². The zero-order valence-electron chi connectivity index (χ0n) is 24.3. The summed E-state index contributed by atoms with van der Waals surface area (Å²) in [7, 11) is 0. The summed E-state index contributed by atoms with van der Waals surface area (Å²) < 4.78 is 8.86. The first-order valence-corrected chi connectivity index (χ1v) is 14.5. The molecule has 0 unspecified atom stereocenters. The minimum Gasteiger partial charge on any atom is -0.455 e. The number of rotatable bonds is 6. The molecule has 0 fully saturated rings. The van der Waals surface area contributed by atoms with Crippen molar-refractivity contribution in [3.05, 3.63) is 114 Å². The summed E-state index contributed by atoms with van der Waals surface area (Å²) in [6.07, 6.45) is 0. The summed E-state index contributed by atoms with van der Waals surface area (Å²) in [5.41, 5.74) is 10.7. The van der Waals surface area contributed by atoms with Crippen LogP contribution in [-0.4, -0.2) is 9.55 Å². The lowest BCUT2D eigenvalue weighted by Crippen LogP contribution is -2.09. The summed E-state index contributed by atoms with van der Waals surface area (Å²) >= 11 is 0. The van der Waals surface area contributed by atoms with Crippen molar-refractivity contribution in [2.75, 3.05) is 0 Å². The minimum absolute atomic E-state index is 0.284. The van der Waals surface area contributed by atoms with Gasteiger partial charge in [-0.1, -0.05) is 82.3 Å². The van der Waals surface area contributed by atoms with Crippen LogP contribution in [0.15, 0.2) is 108 Å². The van der Waals surface area contributed by atoms with E-state index in [9.17, 15) is 0 Å². The number of nitrogens with two attached hydrogens (primary N) is 1. The van der Waals surface area contributed by atoms with E-state index >= 15 is 0 Å². The highest BCUT2D eigenvalue weighted by molar-refractivity contribution is 6.09. The van der Waals surface area contributed by atoms with Crippen LogP contribution in [-0.2, 0) is 0 Å². The lowest BCUT2D eigenvalue weighted by Gasteiger charge is -2.24. The smallest absolute Gasteiger partial charge is 0.150 e. The van der Waals surface area contributed by atoms with Crippen molar-refractivity contribution in [2.24, 2.45) is 5.90 Å². The third kappa shape index (κ3) is 4.16. The largest absolute Gasteiger partial charge is 0.455 e. The fraction of sp³-hybridized carbons (Fsp3) is 0.162. The Balaban J connectivity index is 1.58. The SMILES string of the molecule is CC(C)c1cc(-c2ccccc2)cc(C(C)C)c1-n1c(-c2cccc3c2oc2cc(ON)ccc23)nc2ccccc21. The number of benzene rings is 5. The zero-order chi connectivity index (χ0) is 29.0.